The van der Waals surface area contributed by atoms with Crippen molar-refractivity contribution in [2.24, 2.45) is 5.92 Å². The highest BCUT2D eigenvalue weighted by Crippen LogP contribution is 2.23. The summed E-state index contributed by atoms with van der Waals surface area (Å²) in [6, 6.07) is 9.12. The standard InChI is InChI=1S/C14H17NO3/c1-10-7-8-12(14(17)18)9-15(10)13(16)11-5-3-2-4-6-11/h2-6,10,12H,7-9H2,1H3,(H,17,18)/t10-,12+/m0/s1. The molecule has 96 valence electrons. The number of carboxylic acid groups (broad SMARTS) is 1. The van der Waals surface area contributed by atoms with Crippen LogP contribution in [0.25, 0.3) is 0 Å². The smallest absolute Gasteiger partial charge is 0.308 e. The lowest BCUT2D eigenvalue weighted by molar-refractivity contribution is -0.143. The molecule has 0 aromatic heterocycles. The summed E-state index contributed by atoms with van der Waals surface area (Å²) in [7, 11) is 0. The van der Waals surface area contributed by atoms with Crippen LogP contribution in [-0.2, 0) is 4.79 Å². The third-order valence-electron chi connectivity index (χ3n) is 3.51. The van der Waals surface area contributed by atoms with Crippen molar-refractivity contribution in [2.75, 3.05) is 6.54 Å². The highest BCUT2D eigenvalue weighted by Gasteiger charge is 2.32. The molecule has 1 N–H and O–H groups in total. The van der Waals surface area contributed by atoms with Crippen molar-refractivity contribution in [2.45, 2.75) is 25.8 Å². The molecule has 1 saturated heterocycles. The Labute approximate surface area is 106 Å². The molecule has 0 unspecified atom stereocenters. The van der Waals surface area contributed by atoms with E-state index in [0.29, 0.717) is 18.5 Å². The first kappa shape index (κ1) is 12.6. The second-order valence-corrected chi connectivity index (χ2v) is 4.79. The molecule has 1 aliphatic rings. The van der Waals surface area contributed by atoms with Gasteiger partial charge in [0.15, 0.2) is 0 Å². The van der Waals surface area contributed by atoms with Crippen molar-refractivity contribution >= 4 is 11.9 Å². The van der Waals surface area contributed by atoms with Crippen molar-refractivity contribution in [3.05, 3.63) is 35.9 Å². The summed E-state index contributed by atoms with van der Waals surface area (Å²) >= 11 is 0. The number of hydrogen-bond acceptors (Lipinski definition) is 2. The Morgan fingerprint density at radius 2 is 1.89 bits per heavy atom. The summed E-state index contributed by atoms with van der Waals surface area (Å²) in [4.78, 5) is 25.0. The fourth-order valence-corrected chi connectivity index (χ4v) is 2.34. The summed E-state index contributed by atoms with van der Waals surface area (Å²) in [5.74, 6) is -1.32. The zero-order valence-corrected chi connectivity index (χ0v) is 10.4. The van der Waals surface area contributed by atoms with Crippen LogP contribution >= 0.6 is 0 Å². The zero-order chi connectivity index (χ0) is 13.1. The maximum Gasteiger partial charge on any atom is 0.308 e. The van der Waals surface area contributed by atoms with Gasteiger partial charge >= 0.3 is 5.97 Å². The number of nitrogens with zero attached hydrogens (tertiary/aromatic N) is 1. The molecule has 4 heteroatoms. The van der Waals surface area contributed by atoms with E-state index >= 15 is 0 Å². The van der Waals surface area contributed by atoms with Crippen LogP contribution in [0, 0.1) is 5.92 Å². The minimum atomic E-state index is -0.812. The van der Waals surface area contributed by atoms with E-state index in [1.54, 1.807) is 17.0 Å². The van der Waals surface area contributed by atoms with E-state index in [4.69, 9.17) is 5.11 Å². The normalized spacial score (nSPS) is 23.7. The first-order valence-electron chi connectivity index (χ1n) is 6.18. The number of piperidine rings is 1. The van der Waals surface area contributed by atoms with Gasteiger partial charge in [-0.05, 0) is 31.9 Å². The summed E-state index contributed by atoms with van der Waals surface area (Å²) in [5, 5.41) is 9.06. The van der Waals surface area contributed by atoms with Crippen LogP contribution in [0.5, 0.6) is 0 Å². The lowest BCUT2D eigenvalue weighted by Crippen LogP contribution is -2.47. The van der Waals surface area contributed by atoms with Crippen LogP contribution in [0.4, 0.5) is 0 Å². The largest absolute Gasteiger partial charge is 0.481 e. The van der Waals surface area contributed by atoms with Gasteiger partial charge in [-0.25, -0.2) is 0 Å². The number of carboxylic acids is 1. The van der Waals surface area contributed by atoms with Crippen LogP contribution < -0.4 is 0 Å². The van der Waals surface area contributed by atoms with E-state index in [-0.39, 0.29) is 11.9 Å². The number of carbonyl (C=O) groups excluding carboxylic acids is 1. The Balaban J connectivity index is 2.15. The second kappa shape index (κ2) is 5.21. The lowest BCUT2D eigenvalue weighted by atomic mass is 9.93. The molecule has 1 aromatic rings. The molecule has 1 aliphatic heterocycles. The Bertz CT molecular complexity index is 444. The first-order valence-corrected chi connectivity index (χ1v) is 6.18. The highest BCUT2D eigenvalue weighted by atomic mass is 16.4. The van der Waals surface area contributed by atoms with E-state index in [2.05, 4.69) is 0 Å². The Morgan fingerprint density at radius 3 is 2.50 bits per heavy atom. The van der Waals surface area contributed by atoms with Crippen molar-refractivity contribution in [3.63, 3.8) is 0 Å². The van der Waals surface area contributed by atoms with Gasteiger partial charge in [-0.1, -0.05) is 18.2 Å². The van der Waals surface area contributed by atoms with Crippen LogP contribution in [0.3, 0.4) is 0 Å². The number of amides is 1. The predicted octanol–water partition coefficient (Wildman–Crippen LogP) is 2.01. The number of aliphatic carboxylic acids is 1. The lowest BCUT2D eigenvalue weighted by Gasteiger charge is -2.36. The molecule has 2 atom stereocenters. The van der Waals surface area contributed by atoms with Crippen molar-refractivity contribution in [1.82, 2.24) is 4.90 Å². The fourth-order valence-electron chi connectivity index (χ4n) is 2.34. The average Bonchev–Trinajstić information content (AvgIpc) is 2.39. The maximum atomic E-state index is 12.3. The zero-order valence-electron chi connectivity index (χ0n) is 10.4. The number of benzene rings is 1. The molecule has 0 radical (unpaired) electrons. The van der Waals surface area contributed by atoms with Gasteiger partial charge in [0.25, 0.3) is 5.91 Å². The van der Waals surface area contributed by atoms with Gasteiger partial charge in [-0.3, -0.25) is 9.59 Å². The van der Waals surface area contributed by atoms with Crippen molar-refractivity contribution < 1.29 is 14.7 Å². The average molecular weight is 247 g/mol. The van der Waals surface area contributed by atoms with Crippen LogP contribution in [0.2, 0.25) is 0 Å². The minimum absolute atomic E-state index is 0.0750. The van der Waals surface area contributed by atoms with E-state index in [1.807, 2.05) is 25.1 Å². The molecule has 2 rings (SSSR count). The monoisotopic (exact) mass is 247 g/mol. The molecule has 0 spiro atoms. The van der Waals surface area contributed by atoms with E-state index in [1.165, 1.54) is 0 Å². The molecule has 4 nitrogen and oxygen atoms in total. The maximum absolute atomic E-state index is 12.3. The van der Waals surface area contributed by atoms with Gasteiger partial charge in [0, 0.05) is 18.2 Å². The summed E-state index contributed by atoms with van der Waals surface area (Å²) in [6.07, 6.45) is 1.39. The molecule has 0 bridgehead atoms. The number of carbonyl (C=O) groups is 2. The van der Waals surface area contributed by atoms with Gasteiger partial charge in [0.05, 0.1) is 5.92 Å². The Hall–Kier alpha value is -1.84. The molecule has 1 heterocycles. The summed E-state index contributed by atoms with van der Waals surface area (Å²) in [6.45, 7) is 2.28. The number of hydrogen-bond donors (Lipinski definition) is 1. The quantitative estimate of drug-likeness (QED) is 0.869. The third kappa shape index (κ3) is 2.53. The molecule has 1 amide bonds. The van der Waals surface area contributed by atoms with Gasteiger partial charge in [0.2, 0.25) is 0 Å². The van der Waals surface area contributed by atoms with Gasteiger partial charge in [0.1, 0.15) is 0 Å². The molecule has 1 fully saturated rings. The molecule has 0 aliphatic carbocycles. The predicted molar refractivity (Wildman–Crippen MR) is 67.3 cm³/mol. The van der Waals surface area contributed by atoms with Crippen LogP contribution in [0.1, 0.15) is 30.1 Å². The van der Waals surface area contributed by atoms with Gasteiger partial charge in [-0.15, -0.1) is 0 Å². The Morgan fingerprint density at radius 1 is 1.22 bits per heavy atom. The first-order chi connectivity index (χ1) is 8.59. The molecule has 18 heavy (non-hydrogen) atoms. The van der Waals surface area contributed by atoms with Crippen LogP contribution in [0.15, 0.2) is 30.3 Å². The molecular formula is C14H17NO3. The Kier molecular flexibility index (Phi) is 3.65. The molecular weight excluding hydrogens is 230 g/mol. The minimum Gasteiger partial charge on any atom is -0.481 e. The molecule has 0 saturated carbocycles. The van der Waals surface area contributed by atoms with E-state index in [0.717, 1.165) is 6.42 Å². The summed E-state index contributed by atoms with van der Waals surface area (Å²) < 4.78 is 0. The van der Waals surface area contributed by atoms with Gasteiger partial charge in [-0.2, -0.15) is 0 Å². The highest BCUT2D eigenvalue weighted by molar-refractivity contribution is 5.94. The topological polar surface area (TPSA) is 57.6 Å². The number of likely N-dealkylation sites (tertiary alicyclic amines) is 1. The van der Waals surface area contributed by atoms with Crippen LogP contribution in [-0.4, -0.2) is 34.5 Å². The van der Waals surface area contributed by atoms with Crippen molar-refractivity contribution in [3.8, 4) is 0 Å². The molecule has 1 aromatic carbocycles. The fraction of sp³-hybridized carbons (Fsp3) is 0.429. The van der Waals surface area contributed by atoms with Crippen molar-refractivity contribution in [1.29, 1.82) is 0 Å². The number of rotatable bonds is 2. The SMILES string of the molecule is C[C@H]1CC[C@@H](C(=O)O)CN1C(=O)c1ccccc1. The third-order valence-corrected chi connectivity index (χ3v) is 3.51. The van der Waals surface area contributed by atoms with E-state index in [9.17, 15) is 9.59 Å². The van der Waals surface area contributed by atoms with E-state index < -0.39 is 11.9 Å². The summed E-state index contributed by atoms with van der Waals surface area (Å²) in [5.41, 5.74) is 0.621. The second-order valence-electron chi connectivity index (χ2n) is 4.79. The van der Waals surface area contributed by atoms with Gasteiger partial charge < -0.3 is 10.0 Å².